The molecule has 1 aromatic carbocycles. The summed E-state index contributed by atoms with van der Waals surface area (Å²) in [6.45, 7) is 3.95. The summed E-state index contributed by atoms with van der Waals surface area (Å²) < 4.78 is 21.7. The van der Waals surface area contributed by atoms with E-state index in [1.54, 1.807) is 38.1 Å². The first kappa shape index (κ1) is 23.6. The molecular formula is C25H27FN8O2. The number of amides is 1. The maximum atomic E-state index is 14.7. The van der Waals surface area contributed by atoms with Crippen LogP contribution in [0.4, 0.5) is 10.3 Å². The molecule has 10 nitrogen and oxygen atoms in total. The van der Waals surface area contributed by atoms with Gasteiger partial charge in [-0.25, -0.2) is 4.98 Å². The van der Waals surface area contributed by atoms with Gasteiger partial charge in [-0.1, -0.05) is 30.3 Å². The van der Waals surface area contributed by atoms with E-state index in [9.17, 15) is 9.18 Å². The van der Waals surface area contributed by atoms with Gasteiger partial charge < -0.3 is 15.2 Å². The topological polar surface area (TPSA) is 129 Å². The summed E-state index contributed by atoms with van der Waals surface area (Å²) in [6, 6.07) is 5.94. The maximum absolute atomic E-state index is 14.7. The zero-order valence-corrected chi connectivity index (χ0v) is 20.6. The monoisotopic (exact) mass is 490 g/mol. The van der Waals surface area contributed by atoms with E-state index in [2.05, 4.69) is 32.1 Å². The number of aryl methyl sites for hydroxylation is 2. The number of anilines is 1. The average Bonchev–Trinajstić information content (AvgIpc) is 3.22. The second-order valence-electron chi connectivity index (χ2n) is 9.22. The molecule has 0 radical (unpaired) electrons. The molecule has 2 N–H and O–H groups in total. The molecule has 4 aromatic rings. The maximum Gasteiger partial charge on any atom is 0.261 e. The first-order chi connectivity index (χ1) is 17.2. The van der Waals surface area contributed by atoms with Crippen LogP contribution in [0.25, 0.3) is 22.6 Å². The third kappa shape index (κ3) is 4.43. The van der Waals surface area contributed by atoms with Gasteiger partial charge in [-0.3, -0.25) is 9.48 Å². The van der Waals surface area contributed by atoms with E-state index in [4.69, 9.17) is 10.3 Å². The van der Waals surface area contributed by atoms with E-state index in [0.717, 1.165) is 24.0 Å². The molecule has 1 fully saturated rings. The van der Waals surface area contributed by atoms with Crippen molar-refractivity contribution < 1.29 is 13.7 Å². The fourth-order valence-electron chi connectivity index (χ4n) is 4.47. The minimum atomic E-state index is -0.627. The Hall–Kier alpha value is -4.15. The lowest BCUT2D eigenvalue weighted by Crippen LogP contribution is -2.26. The van der Waals surface area contributed by atoms with Gasteiger partial charge in [-0.2, -0.15) is 19.5 Å². The highest BCUT2D eigenvalue weighted by Gasteiger charge is 2.44. The SMILES string of the molecule is CCc1ccc(-c2c(C)nc(N)nc2F)cc1C1CC1c1noc(-c2cnn(CC(=O)N(C)C)c2)n1. The zero-order chi connectivity index (χ0) is 25.6. The molecule has 3 aromatic heterocycles. The summed E-state index contributed by atoms with van der Waals surface area (Å²) >= 11 is 0. The normalized spacial score (nSPS) is 16.8. The van der Waals surface area contributed by atoms with Crippen molar-refractivity contribution in [2.24, 2.45) is 0 Å². The van der Waals surface area contributed by atoms with E-state index in [0.29, 0.717) is 28.5 Å². The Labute approximate surface area is 207 Å². The van der Waals surface area contributed by atoms with Crippen molar-refractivity contribution in [1.82, 2.24) is 34.8 Å². The van der Waals surface area contributed by atoms with E-state index < -0.39 is 5.95 Å². The van der Waals surface area contributed by atoms with Crippen molar-refractivity contribution in [2.45, 2.75) is 45.1 Å². The molecule has 1 amide bonds. The summed E-state index contributed by atoms with van der Waals surface area (Å²) in [5.74, 6) is 0.512. The number of likely N-dealkylation sites (N-methyl/N-ethyl adjacent to an activating group) is 1. The molecule has 0 spiro atoms. The number of rotatable bonds is 7. The van der Waals surface area contributed by atoms with Crippen LogP contribution in [0.15, 0.2) is 35.1 Å². The lowest BCUT2D eigenvalue weighted by atomic mass is 9.94. The molecule has 1 aliphatic rings. The Kier molecular flexibility index (Phi) is 5.99. The number of halogens is 1. The molecular weight excluding hydrogens is 463 g/mol. The smallest absolute Gasteiger partial charge is 0.261 e. The molecule has 5 rings (SSSR count). The van der Waals surface area contributed by atoms with Gasteiger partial charge in [-0.05, 0) is 42.4 Å². The molecule has 0 bridgehead atoms. The van der Waals surface area contributed by atoms with Crippen LogP contribution in [-0.2, 0) is 17.8 Å². The van der Waals surface area contributed by atoms with Gasteiger partial charge in [0, 0.05) is 26.2 Å². The zero-order valence-electron chi connectivity index (χ0n) is 20.6. The van der Waals surface area contributed by atoms with Gasteiger partial charge in [0.05, 0.1) is 23.0 Å². The number of hydrogen-bond donors (Lipinski definition) is 1. The largest absolute Gasteiger partial charge is 0.368 e. The summed E-state index contributed by atoms with van der Waals surface area (Å²) in [7, 11) is 3.40. The fraction of sp³-hybridized carbons (Fsp3) is 0.360. The van der Waals surface area contributed by atoms with Crippen LogP contribution in [-0.4, -0.2) is 54.8 Å². The van der Waals surface area contributed by atoms with Crippen LogP contribution in [0.5, 0.6) is 0 Å². The number of hydrogen-bond acceptors (Lipinski definition) is 8. The van der Waals surface area contributed by atoms with Crippen molar-refractivity contribution in [3.05, 3.63) is 59.2 Å². The Balaban J connectivity index is 1.37. The van der Waals surface area contributed by atoms with Crippen molar-refractivity contribution in [1.29, 1.82) is 0 Å². The summed E-state index contributed by atoms with van der Waals surface area (Å²) in [5, 5.41) is 8.43. The third-order valence-electron chi connectivity index (χ3n) is 6.52. The van der Waals surface area contributed by atoms with Crippen LogP contribution in [0.2, 0.25) is 0 Å². The number of carbonyl (C=O) groups is 1. The second kappa shape index (κ2) is 9.14. The summed E-state index contributed by atoms with van der Waals surface area (Å²) in [4.78, 5) is 25.9. The highest BCUT2D eigenvalue weighted by molar-refractivity contribution is 5.75. The van der Waals surface area contributed by atoms with Crippen molar-refractivity contribution in [3.63, 3.8) is 0 Å². The predicted octanol–water partition coefficient (Wildman–Crippen LogP) is 3.34. The number of aromatic nitrogens is 6. The standard InChI is InChI=1S/C25H27FN8O2/c1-5-14-6-7-15(21-13(2)29-25(27)30-22(21)26)8-17(14)18-9-19(18)23-31-24(36-32-23)16-10-28-34(11-16)12-20(35)33(3)4/h6-8,10-11,18-19H,5,9,12H2,1-4H3,(H2,27,29,30). The molecule has 36 heavy (non-hydrogen) atoms. The Morgan fingerprint density at radius 2 is 2.03 bits per heavy atom. The van der Waals surface area contributed by atoms with E-state index >= 15 is 0 Å². The predicted molar refractivity (Wildman–Crippen MR) is 130 cm³/mol. The molecule has 11 heteroatoms. The van der Waals surface area contributed by atoms with Gasteiger partial charge in [-0.15, -0.1) is 0 Å². The lowest BCUT2D eigenvalue weighted by Gasteiger charge is -2.12. The third-order valence-corrected chi connectivity index (χ3v) is 6.52. The number of nitrogens with two attached hydrogens (primary N) is 1. The minimum absolute atomic E-state index is 0.0637. The van der Waals surface area contributed by atoms with Crippen LogP contribution >= 0.6 is 0 Å². The van der Waals surface area contributed by atoms with Gasteiger partial charge in [0.1, 0.15) is 6.54 Å². The lowest BCUT2D eigenvalue weighted by molar-refractivity contribution is -0.129. The van der Waals surface area contributed by atoms with Crippen LogP contribution in [0.1, 0.15) is 47.8 Å². The number of nitrogens with zero attached hydrogens (tertiary/aromatic N) is 7. The van der Waals surface area contributed by atoms with Crippen LogP contribution in [0.3, 0.4) is 0 Å². The quantitative estimate of drug-likeness (QED) is 0.391. The van der Waals surface area contributed by atoms with Crippen LogP contribution < -0.4 is 5.73 Å². The highest BCUT2D eigenvalue weighted by atomic mass is 19.1. The molecule has 186 valence electrons. The molecule has 1 aliphatic carbocycles. The molecule has 0 aliphatic heterocycles. The molecule has 3 heterocycles. The van der Waals surface area contributed by atoms with Gasteiger partial charge in [0.2, 0.25) is 17.8 Å². The molecule has 0 saturated heterocycles. The van der Waals surface area contributed by atoms with Crippen molar-refractivity contribution in [3.8, 4) is 22.6 Å². The molecule has 1 saturated carbocycles. The minimum Gasteiger partial charge on any atom is -0.368 e. The van der Waals surface area contributed by atoms with Crippen molar-refractivity contribution in [2.75, 3.05) is 19.8 Å². The van der Waals surface area contributed by atoms with Gasteiger partial charge in [0.25, 0.3) is 5.89 Å². The van der Waals surface area contributed by atoms with Crippen LogP contribution in [0, 0.1) is 12.9 Å². The van der Waals surface area contributed by atoms with E-state index in [1.807, 2.05) is 18.2 Å². The Morgan fingerprint density at radius 3 is 2.75 bits per heavy atom. The average molecular weight is 491 g/mol. The second-order valence-corrected chi connectivity index (χ2v) is 9.22. The van der Waals surface area contributed by atoms with E-state index in [1.165, 1.54) is 10.5 Å². The first-order valence-electron chi connectivity index (χ1n) is 11.7. The Bertz CT molecular complexity index is 1420. The fourth-order valence-corrected chi connectivity index (χ4v) is 4.47. The Morgan fingerprint density at radius 1 is 1.22 bits per heavy atom. The number of benzene rings is 1. The molecule has 2 atom stereocenters. The molecule has 2 unspecified atom stereocenters. The summed E-state index contributed by atoms with van der Waals surface area (Å²) in [5.41, 5.74) is 10.2. The van der Waals surface area contributed by atoms with Crippen molar-refractivity contribution >= 4 is 11.9 Å². The first-order valence-corrected chi connectivity index (χ1v) is 11.7. The number of carbonyl (C=O) groups excluding carboxylic acids is 1. The summed E-state index contributed by atoms with van der Waals surface area (Å²) in [6.07, 6.45) is 5.04. The van der Waals surface area contributed by atoms with Gasteiger partial charge >= 0.3 is 0 Å². The van der Waals surface area contributed by atoms with Gasteiger partial charge in [0.15, 0.2) is 5.82 Å². The van der Waals surface area contributed by atoms with E-state index in [-0.39, 0.29) is 30.2 Å². The highest BCUT2D eigenvalue weighted by Crippen LogP contribution is 2.55. The number of nitrogen functional groups attached to an aromatic ring is 1.